The Morgan fingerprint density at radius 2 is 1.75 bits per heavy atom. The molecule has 2 heterocycles. The minimum absolute atomic E-state index is 0.0467. The van der Waals surface area contributed by atoms with Crippen LogP contribution in [0, 0.1) is 5.82 Å². The van der Waals surface area contributed by atoms with Gasteiger partial charge in [-0.2, -0.15) is 9.78 Å². The number of hydrogen-bond donors (Lipinski definition) is 0. The normalized spacial score (nSPS) is 19.0. The van der Waals surface area contributed by atoms with Crippen LogP contribution in [0.2, 0.25) is 0 Å². The standard InChI is InChI=1S/C21H25FN4O2/c22-17-8-3-4-9-19(17)26-20(27)11-10-18(23-26)21(28)25-13-5-12-24(14-15-25)16-6-1-2-7-16/h3-4,8-11,16H,1-2,5-7,12-15H2. The molecule has 1 aliphatic heterocycles. The summed E-state index contributed by atoms with van der Waals surface area (Å²) in [6.45, 7) is 3.19. The van der Waals surface area contributed by atoms with Crippen LogP contribution < -0.4 is 5.56 Å². The molecule has 6 nitrogen and oxygen atoms in total. The van der Waals surface area contributed by atoms with Crippen LogP contribution in [0.5, 0.6) is 0 Å². The molecule has 2 aromatic rings. The first kappa shape index (κ1) is 18.8. The summed E-state index contributed by atoms with van der Waals surface area (Å²) >= 11 is 0. The maximum Gasteiger partial charge on any atom is 0.274 e. The van der Waals surface area contributed by atoms with E-state index >= 15 is 0 Å². The van der Waals surface area contributed by atoms with Gasteiger partial charge in [-0.3, -0.25) is 14.5 Å². The molecule has 2 aliphatic rings. The first-order chi connectivity index (χ1) is 13.6. The molecule has 0 unspecified atom stereocenters. The molecule has 2 fully saturated rings. The van der Waals surface area contributed by atoms with Gasteiger partial charge in [-0.25, -0.2) is 4.39 Å². The monoisotopic (exact) mass is 384 g/mol. The zero-order valence-corrected chi connectivity index (χ0v) is 15.9. The summed E-state index contributed by atoms with van der Waals surface area (Å²) in [4.78, 5) is 29.5. The van der Waals surface area contributed by atoms with Gasteiger partial charge in [0.15, 0.2) is 0 Å². The van der Waals surface area contributed by atoms with Crippen molar-refractivity contribution >= 4 is 5.91 Å². The van der Waals surface area contributed by atoms with Crippen LogP contribution in [0.1, 0.15) is 42.6 Å². The van der Waals surface area contributed by atoms with Crippen molar-refractivity contribution in [1.82, 2.24) is 19.6 Å². The molecule has 1 aromatic carbocycles. The van der Waals surface area contributed by atoms with Crippen molar-refractivity contribution in [2.24, 2.45) is 0 Å². The maximum atomic E-state index is 14.1. The second-order valence-electron chi connectivity index (χ2n) is 7.54. The highest BCUT2D eigenvalue weighted by molar-refractivity contribution is 5.92. The number of carbonyl (C=O) groups is 1. The van der Waals surface area contributed by atoms with Gasteiger partial charge in [-0.15, -0.1) is 0 Å². The highest BCUT2D eigenvalue weighted by Gasteiger charge is 2.27. The molecule has 1 aliphatic carbocycles. The fourth-order valence-electron chi connectivity index (χ4n) is 4.26. The van der Waals surface area contributed by atoms with Crippen molar-refractivity contribution in [2.45, 2.75) is 38.1 Å². The largest absolute Gasteiger partial charge is 0.336 e. The van der Waals surface area contributed by atoms with Gasteiger partial charge < -0.3 is 4.90 Å². The zero-order chi connectivity index (χ0) is 19.5. The number of carbonyl (C=O) groups excluding carboxylic acids is 1. The highest BCUT2D eigenvalue weighted by Crippen LogP contribution is 2.24. The Kier molecular flexibility index (Phi) is 5.52. The summed E-state index contributed by atoms with van der Waals surface area (Å²) in [6.07, 6.45) is 6.03. The third kappa shape index (κ3) is 3.85. The van der Waals surface area contributed by atoms with Crippen LogP contribution in [0.15, 0.2) is 41.2 Å². The second-order valence-corrected chi connectivity index (χ2v) is 7.54. The number of aromatic nitrogens is 2. The Balaban J connectivity index is 1.53. The van der Waals surface area contributed by atoms with Gasteiger partial charge in [-0.1, -0.05) is 25.0 Å². The second kappa shape index (κ2) is 8.22. The molecule has 1 saturated carbocycles. The predicted octanol–water partition coefficient (Wildman–Crippen LogP) is 2.46. The quantitative estimate of drug-likeness (QED) is 0.816. The topological polar surface area (TPSA) is 58.4 Å². The molecule has 1 aromatic heterocycles. The average molecular weight is 384 g/mol. The van der Waals surface area contributed by atoms with Crippen LogP contribution >= 0.6 is 0 Å². The molecular formula is C21H25FN4O2. The third-order valence-corrected chi connectivity index (χ3v) is 5.76. The first-order valence-electron chi connectivity index (χ1n) is 10.0. The van der Waals surface area contributed by atoms with Crippen LogP contribution in [-0.2, 0) is 0 Å². The van der Waals surface area contributed by atoms with E-state index in [4.69, 9.17) is 0 Å². The fourth-order valence-corrected chi connectivity index (χ4v) is 4.26. The first-order valence-corrected chi connectivity index (χ1v) is 10.0. The fraction of sp³-hybridized carbons (Fsp3) is 0.476. The number of halogens is 1. The molecule has 0 atom stereocenters. The summed E-state index contributed by atoms with van der Waals surface area (Å²) in [5.74, 6) is -0.762. The molecule has 28 heavy (non-hydrogen) atoms. The lowest BCUT2D eigenvalue weighted by Gasteiger charge is -2.27. The Bertz CT molecular complexity index is 907. The van der Waals surface area contributed by atoms with E-state index in [1.54, 1.807) is 17.0 Å². The van der Waals surface area contributed by atoms with Gasteiger partial charge in [-0.05, 0) is 37.5 Å². The van der Waals surface area contributed by atoms with E-state index in [1.807, 2.05) is 0 Å². The summed E-state index contributed by atoms with van der Waals surface area (Å²) in [7, 11) is 0. The molecule has 0 N–H and O–H groups in total. The summed E-state index contributed by atoms with van der Waals surface area (Å²) in [6, 6.07) is 9.28. The lowest BCUT2D eigenvalue weighted by atomic mass is 10.2. The maximum absolute atomic E-state index is 14.1. The van der Waals surface area contributed by atoms with Gasteiger partial charge >= 0.3 is 0 Å². The van der Waals surface area contributed by atoms with E-state index in [1.165, 1.54) is 49.9 Å². The van der Waals surface area contributed by atoms with E-state index in [2.05, 4.69) is 10.00 Å². The highest BCUT2D eigenvalue weighted by atomic mass is 19.1. The smallest absolute Gasteiger partial charge is 0.274 e. The molecule has 0 spiro atoms. The van der Waals surface area contributed by atoms with Gasteiger partial charge in [0.2, 0.25) is 0 Å². The SMILES string of the molecule is O=C(c1ccc(=O)n(-c2ccccc2F)n1)N1CCCN(C2CCCC2)CC1. The minimum Gasteiger partial charge on any atom is -0.336 e. The van der Waals surface area contributed by atoms with Crippen molar-refractivity contribution < 1.29 is 9.18 Å². The molecule has 0 radical (unpaired) electrons. The van der Waals surface area contributed by atoms with E-state index in [9.17, 15) is 14.0 Å². The van der Waals surface area contributed by atoms with Crippen LogP contribution in [0.3, 0.4) is 0 Å². The number of benzene rings is 1. The number of hydrogen-bond acceptors (Lipinski definition) is 4. The zero-order valence-electron chi connectivity index (χ0n) is 15.9. The van der Waals surface area contributed by atoms with Crippen LogP contribution in [-0.4, -0.2) is 57.7 Å². The van der Waals surface area contributed by atoms with Gasteiger partial charge in [0.05, 0.1) is 0 Å². The van der Waals surface area contributed by atoms with E-state index in [0.717, 1.165) is 24.2 Å². The summed E-state index contributed by atoms with van der Waals surface area (Å²) < 4.78 is 15.1. The third-order valence-electron chi connectivity index (χ3n) is 5.76. The molecular weight excluding hydrogens is 359 g/mol. The molecule has 1 saturated heterocycles. The van der Waals surface area contributed by atoms with Crippen molar-refractivity contribution in [1.29, 1.82) is 0 Å². The van der Waals surface area contributed by atoms with E-state index in [-0.39, 0.29) is 17.3 Å². The number of nitrogens with zero attached hydrogens (tertiary/aromatic N) is 4. The van der Waals surface area contributed by atoms with Gasteiger partial charge in [0, 0.05) is 38.3 Å². The Morgan fingerprint density at radius 1 is 0.964 bits per heavy atom. The molecule has 1 amide bonds. The average Bonchev–Trinajstić information content (AvgIpc) is 3.13. The lowest BCUT2D eigenvalue weighted by molar-refractivity contribution is 0.0750. The number of rotatable bonds is 3. The van der Waals surface area contributed by atoms with Crippen molar-refractivity contribution in [3.8, 4) is 5.69 Å². The molecule has 7 heteroatoms. The summed E-state index contributed by atoms with van der Waals surface area (Å²) in [5, 5.41) is 4.16. The van der Waals surface area contributed by atoms with Gasteiger partial charge in [0.1, 0.15) is 17.2 Å². The van der Waals surface area contributed by atoms with E-state index in [0.29, 0.717) is 19.1 Å². The minimum atomic E-state index is -0.552. The molecule has 4 rings (SSSR count). The number of amides is 1. The van der Waals surface area contributed by atoms with Crippen LogP contribution in [0.4, 0.5) is 4.39 Å². The predicted molar refractivity (Wildman–Crippen MR) is 104 cm³/mol. The van der Waals surface area contributed by atoms with Crippen molar-refractivity contribution in [3.63, 3.8) is 0 Å². The van der Waals surface area contributed by atoms with Gasteiger partial charge in [0.25, 0.3) is 11.5 Å². The summed E-state index contributed by atoms with van der Waals surface area (Å²) in [5.41, 5.74) is -0.257. The van der Waals surface area contributed by atoms with Crippen molar-refractivity contribution in [3.05, 3.63) is 58.3 Å². The van der Waals surface area contributed by atoms with Crippen LogP contribution in [0.25, 0.3) is 5.69 Å². The molecule has 148 valence electrons. The molecule has 0 bridgehead atoms. The van der Waals surface area contributed by atoms with E-state index < -0.39 is 11.4 Å². The lowest BCUT2D eigenvalue weighted by Crippen LogP contribution is -2.39. The Hall–Kier alpha value is -2.54. The van der Waals surface area contributed by atoms with Crippen molar-refractivity contribution in [2.75, 3.05) is 26.2 Å². The Labute approximate surface area is 163 Å². The Morgan fingerprint density at radius 3 is 2.54 bits per heavy atom. The number of para-hydroxylation sites is 1.